The van der Waals surface area contributed by atoms with Crippen LogP contribution in [0.4, 0.5) is 0 Å². The van der Waals surface area contributed by atoms with E-state index in [-0.39, 0.29) is 5.78 Å². The fourth-order valence-electron chi connectivity index (χ4n) is 1.62. The minimum atomic E-state index is -0.400. The Kier molecular flexibility index (Phi) is 3.68. The lowest BCUT2D eigenvalue weighted by molar-refractivity contribution is -0.111. The molecule has 1 aromatic rings. The first kappa shape index (κ1) is 12.9. The predicted octanol–water partition coefficient (Wildman–Crippen LogP) is 1.37. The zero-order valence-corrected chi connectivity index (χ0v) is 10.4. The van der Waals surface area contributed by atoms with Crippen LogP contribution in [-0.2, 0) is 4.79 Å². The van der Waals surface area contributed by atoms with Crippen LogP contribution in [0.15, 0.2) is 60.1 Å². The Morgan fingerprint density at radius 3 is 2.68 bits per heavy atom. The van der Waals surface area contributed by atoms with Gasteiger partial charge >= 0.3 is 0 Å². The van der Waals surface area contributed by atoms with Crippen LogP contribution in [-0.4, -0.2) is 21.7 Å². The van der Waals surface area contributed by atoms with E-state index in [1.54, 1.807) is 24.3 Å². The van der Waals surface area contributed by atoms with Gasteiger partial charge in [0, 0.05) is 29.7 Å². The van der Waals surface area contributed by atoms with E-state index >= 15 is 0 Å². The number of hydrazine groups is 1. The second-order valence-electron chi connectivity index (χ2n) is 4.12. The van der Waals surface area contributed by atoms with Crippen molar-refractivity contribution in [2.75, 3.05) is 0 Å². The van der Waals surface area contributed by atoms with E-state index in [0.717, 1.165) is 10.6 Å². The minimum Gasteiger partial charge on any atom is -0.289 e. The highest BCUT2D eigenvalue weighted by Crippen LogP contribution is 2.13. The number of carbonyl (C=O) groups excluding carboxylic acids is 2. The number of pyridine rings is 1. The fourth-order valence-corrected chi connectivity index (χ4v) is 1.62. The molecule has 0 fully saturated rings. The lowest BCUT2D eigenvalue weighted by Gasteiger charge is -2.14. The zero-order valence-electron chi connectivity index (χ0n) is 10.4. The van der Waals surface area contributed by atoms with Gasteiger partial charge in [-0.3, -0.25) is 19.6 Å². The Morgan fingerprint density at radius 2 is 2.00 bits per heavy atom. The Morgan fingerprint density at radius 1 is 1.32 bits per heavy atom. The second kappa shape index (κ2) is 5.41. The third-order valence-electron chi connectivity index (χ3n) is 2.61. The molecule has 1 aliphatic carbocycles. The fraction of sp³-hybridized carbons (Fsp3) is 0.0714. The van der Waals surface area contributed by atoms with Crippen molar-refractivity contribution in [3.8, 4) is 0 Å². The normalized spacial score (nSPS) is 16.4. The van der Waals surface area contributed by atoms with Crippen molar-refractivity contribution in [3.05, 3.63) is 65.7 Å². The molecule has 5 heteroatoms. The van der Waals surface area contributed by atoms with Crippen LogP contribution in [0.3, 0.4) is 0 Å². The van der Waals surface area contributed by atoms with E-state index in [1.807, 2.05) is 6.92 Å². The first-order chi connectivity index (χ1) is 9.08. The Hall–Kier alpha value is -2.53. The van der Waals surface area contributed by atoms with E-state index < -0.39 is 5.91 Å². The molecule has 96 valence electrons. The lowest BCUT2D eigenvalue weighted by Crippen LogP contribution is -2.33. The maximum absolute atomic E-state index is 12.0. The molecule has 1 amide bonds. The van der Waals surface area contributed by atoms with Gasteiger partial charge in [-0.25, -0.2) is 5.84 Å². The van der Waals surface area contributed by atoms with Crippen LogP contribution in [0.25, 0.3) is 0 Å². The monoisotopic (exact) mass is 255 g/mol. The standard InChI is InChI=1S/C14H13N3O2/c1-10-2-3-13(18)12(8-10)9-17(15)14(19)11-4-6-16-7-5-11/h2-9H,15H2,1H3. The summed E-state index contributed by atoms with van der Waals surface area (Å²) < 4.78 is 0. The van der Waals surface area contributed by atoms with Crippen molar-refractivity contribution in [3.63, 3.8) is 0 Å². The van der Waals surface area contributed by atoms with E-state index in [1.165, 1.54) is 24.7 Å². The first-order valence-corrected chi connectivity index (χ1v) is 5.69. The van der Waals surface area contributed by atoms with Crippen molar-refractivity contribution in [1.29, 1.82) is 0 Å². The molecule has 0 spiro atoms. The molecule has 5 nitrogen and oxygen atoms in total. The topological polar surface area (TPSA) is 76.3 Å². The molecule has 1 heterocycles. The maximum Gasteiger partial charge on any atom is 0.272 e. The number of nitrogens with two attached hydrogens (primary N) is 1. The van der Waals surface area contributed by atoms with Crippen molar-refractivity contribution in [1.82, 2.24) is 9.99 Å². The molecule has 1 aliphatic rings. The quantitative estimate of drug-likeness (QED) is 0.375. The molecule has 0 bridgehead atoms. The third-order valence-corrected chi connectivity index (χ3v) is 2.61. The van der Waals surface area contributed by atoms with Gasteiger partial charge in [0.05, 0.1) is 0 Å². The SMILES string of the molecule is CC1=CC(=CN(N)C(=O)c2ccncc2)C(=O)C=C1. The van der Waals surface area contributed by atoms with Gasteiger partial charge in [0.2, 0.25) is 0 Å². The number of allylic oxidation sites excluding steroid dienone is 5. The summed E-state index contributed by atoms with van der Waals surface area (Å²) in [5.74, 6) is 5.09. The average Bonchev–Trinajstić information content (AvgIpc) is 2.43. The number of hydrogen-bond acceptors (Lipinski definition) is 4. The number of ketones is 1. The largest absolute Gasteiger partial charge is 0.289 e. The van der Waals surface area contributed by atoms with Crippen LogP contribution in [0.1, 0.15) is 17.3 Å². The van der Waals surface area contributed by atoms with Gasteiger partial charge in [0.15, 0.2) is 5.78 Å². The van der Waals surface area contributed by atoms with E-state index in [2.05, 4.69) is 4.98 Å². The summed E-state index contributed by atoms with van der Waals surface area (Å²) in [7, 11) is 0. The van der Waals surface area contributed by atoms with Gasteiger partial charge in [0.1, 0.15) is 0 Å². The smallest absolute Gasteiger partial charge is 0.272 e. The van der Waals surface area contributed by atoms with Gasteiger partial charge in [-0.05, 0) is 31.2 Å². The summed E-state index contributed by atoms with van der Waals surface area (Å²) in [6.07, 6.45) is 9.19. The van der Waals surface area contributed by atoms with Crippen molar-refractivity contribution in [2.45, 2.75) is 6.92 Å². The molecule has 0 radical (unpaired) electrons. The summed E-state index contributed by atoms with van der Waals surface area (Å²) in [6, 6.07) is 3.12. The molecule has 0 unspecified atom stereocenters. The lowest BCUT2D eigenvalue weighted by atomic mass is 10.0. The maximum atomic E-state index is 12.0. The highest BCUT2D eigenvalue weighted by Gasteiger charge is 2.14. The van der Waals surface area contributed by atoms with E-state index in [9.17, 15) is 9.59 Å². The molecule has 0 saturated carbocycles. The molecule has 2 rings (SSSR count). The van der Waals surface area contributed by atoms with Crippen molar-refractivity contribution in [2.24, 2.45) is 5.84 Å². The van der Waals surface area contributed by atoms with Gasteiger partial charge in [-0.15, -0.1) is 0 Å². The minimum absolute atomic E-state index is 0.177. The summed E-state index contributed by atoms with van der Waals surface area (Å²) >= 11 is 0. The summed E-state index contributed by atoms with van der Waals surface area (Å²) in [4.78, 5) is 27.4. The number of amides is 1. The van der Waals surface area contributed by atoms with Crippen LogP contribution in [0.2, 0.25) is 0 Å². The van der Waals surface area contributed by atoms with Gasteiger partial charge < -0.3 is 0 Å². The van der Waals surface area contributed by atoms with E-state index in [0.29, 0.717) is 11.1 Å². The molecule has 0 aromatic carbocycles. The van der Waals surface area contributed by atoms with Crippen LogP contribution < -0.4 is 5.84 Å². The molecule has 0 saturated heterocycles. The van der Waals surface area contributed by atoms with Crippen molar-refractivity contribution < 1.29 is 9.59 Å². The highest BCUT2D eigenvalue weighted by atomic mass is 16.2. The Bertz CT molecular complexity index is 600. The second-order valence-corrected chi connectivity index (χ2v) is 4.12. The van der Waals surface area contributed by atoms with Gasteiger partial charge in [-0.2, -0.15) is 0 Å². The van der Waals surface area contributed by atoms with Gasteiger partial charge in [0.25, 0.3) is 5.91 Å². The first-order valence-electron chi connectivity index (χ1n) is 5.69. The molecular formula is C14H13N3O2. The van der Waals surface area contributed by atoms with Crippen molar-refractivity contribution >= 4 is 11.7 Å². The number of nitrogens with zero attached hydrogens (tertiary/aromatic N) is 2. The summed E-state index contributed by atoms with van der Waals surface area (Å²) in [5.41, 5.74) is 1.72. The van der Waals surface area contributed by atoms with Gasteiger partial charge in [-0.1, -0.05) is 11.6 Å². The number of rotatable bonds is 2. The Balaban J connectivity index is 2.22. The third kappa shape index (κ3) is 3.02. The molecule has 1 aromatic heterocycles. The molecular weight excluding hydrogens is 242 g/mol. The molecule has 2 N–H and O–H groups in total. The molecule has 19 heavy (non-hydrogen) atoms. The number of aromatic nitrogens is 1. The number of hydrogen-bond donors (Lipinski definition) is 1. The van der Waals surface area contributed by atoms with Crippen LogP contribution in [0, 0.1) is 0 Å². The van der Waals surface area contributed by atoms with E-state index in [4.69, 9.17) is 5.84 Å². The highest BCUT2D eigenvalue weighted by molar-refractivity contribution is 6.08. The zero-order chi connectivity index (χ0) is 13.8. The summed E-state index contributed by atoms with van der Waals surface area (Å²) in [6.45, 7) is 1.86. The Labute approximate surface area is 110 Å². The van der Waals surface area contributed by atoms with Crippen LogP contribution >= 0.6 is 0 Å². The summed E-state index contributed by atoms with van der Waals surface area (Å²) in [5, 5.41) is 0.908. The predicted molar refractivity (Wildman–Crippen MR) is 70.6 cm³/mol. The molecule has 0 aliphatic heterocycles. The average molecular weight is 255 g/mol. The number of carbonyl (C=O) groups is 2. The molecule has 0 atom stereocenters. The van der Waals surface area contributed by atoms with Crippen LogP contribution in [0.5, 0.6) is 0 Å².